The summed E-state index contributed by atoms with van der Waals surface area (Å²) in [6.07, 6.45) is 3.47. The molecule has 0 atom stereocenters. The van der Waals surface area contributed by atoms with Crippen molar-refractivity contribution in [3.63, 3.8) is 0 Å². The van der Waals surface area contributed by atoms with Crippen molar-refractivity contribution >= 4 is 16.7 Å². The zero-order chi connectivity index (χ0) is 14.7. The van der Waals surface area contributed by atoms with Gasteiger partial charge in [-0.3, -0.25) is 0 Å². The van der Waals surface area contributed by atoms with Crippen LogP contribution in [0, 0.1) is 0 Å². The average Bonchev–Trinajstić information content (AvgIpc) is 2.99. The normalized spacial score (nSPS) is 11.0. The fraction of sp³-hybridized carbons (Fsp3) is 0.235. The molecule has 0 aliphatic carbocycles. The van der Waals surface area contributed by atoms with Crippen LogP contribution in [0.25, 0.3) is 10.9 Å². The maximum absolute atomic E-state index is 5.14. The van der Waals surface area contributed by atoms with Gasteiger partial charge in [-0.05, 0) is 25.2 Å². The van der Waals surface area contributed by atoms with E-state index in [0.29, 0.717) is 0 Å². The molecule has 3 aromatic rings. The van der Waals surface area contributed by atoms with Gasteiger partial charge in [0.05, 0.1) is 18.0 Å². The summed E-state index contributed by atoms with van der Waals surface area (Å²) in [4.78, 5) is 6.99. The average molecular weight is 281 g/mol. The number of benzene rings is 1. The Bertz CT molecular complexity index is 722. The number of nitrogens with one attached hydrogen (secondary N) is 1. The second-order valence-electron chi connectivity index (χ2n) is 5.18. The molecule has 0 bridgehead atoms. The lowest BCUT2D eigenvalue weighted by Crippen LogP contribution is -2.20. The van der Waals surface area contributed by atoms with E-state index in [1.165, 1.54) is 10.9 Å². The molecule has 1 N–H and O–H groups in total. The Hall–Kier alpha value is -2.33. The highest BCUT2D eigenvalue weighted by molar-refractivity contribution is 5.81. The Morgan fingerprint density at radius 1 is 1.24 bits per heavy atom. The predicted octanol–water partition coefficient (Wildman–Crippen LogP) is 3.18. The highest BCUT2D eigenvalue weighted by Crippen LogP contribution is 2.24. The van der Waals surface area contributed by atoms with E-state index in [1.54, 1.807) is 12.5 Å². The fourth-order valence-corrected chi connectivity index (χ4v) is 2.53. The predicted molar refractivity (Wildman–Crippen MR) is 85.3 cm³/mol. The number of aromatic nitrogens is 1. The standard InChI is InChI=1S/C17H19N3O/c1-18-10-15-9-14-5-3-4-6-16(14)19-17(15)20(2)11-13-7-8-21-12-13/h3-9,12,18H,10-11H2,1-2H3. The van der Waals surface area contributed by atoms with E-state index < -0.39 is 0 Å². The van der Waals surface area contributed by atoms with Crippen molar-refractivity contribution in [1.82, 2.24) is 10.3 Å². The molecular weight excluding hydrogens is 262 g/mol. The molecule has 21 heavy (non-hydrogen) atoms. The van der Waals surface area contributed by atoms with E-state index >= 15 is 0 Å². The first-order valence-electron chi connectivity index (χ1n) is 7.03. The van der Waals surface area contributed by atoms with Crippen molar-refractivity contribution in [2.45, 2.75) is 13.1 Å². The fourth-order valence-electron chi connectivity index (χ4n) is 2.53. The molecule has 0 aliphatic rings. The van der Waals surface area contributed by atoms with Crippen LogP contribution < -0.4 is 10.2 Å². The summed E-state index contributed by atoms with van der Waals surface area (Å²) in [7, 11) is 4.01. The smallest absolute Gasteiger partial charge is 0.133 e. The van der Waals surface area contributed by atoms with Gasteiger partial charge in [0.2, 0.25) is 0 Å². The van der Waals surface area contributed by atoms with Crippen molar-refractivity contribution < 1.29 is 4.42 Å². The van der Waals surface area contributed by atoms with Crippen molar-refractivity contribution in [3.05, 3.63) is 60.1 Å². The summed E-state index contributed by atoms with van der Waals surface area (Å²) < 4.78 is 5.14. The summed E-state index contributed by atoms with van der Waals surface area (Å²) in [5, 5.41) is 4.39. The minimum atomic E-state index is 0.776. The topological polar surface area (TPSA) is 41.3 Å². The van der Waals surface area contributed by atoms with Crippen LogP contribution in [-0.2, 0) is 13.1 Å². The Labute approximate surface area is 124 Å². The maximum Gasteiger partial charge on any atom is 0.133 e. The van der Waals surface area contributed by atoms with Crippen molar-refractivity contribution in [2.24, 2.45) is 0 Å². The first kappa shape index (κ1) is 13.6. The molecule has 0 saturated carbocycles. The van der Waals surface area contributed by atoms with Gasteiger partial charge in [0.25, 0.3) is 0 Å². The van der Waals surface area contributed by atoms with Gasteiger partial charge in [-0.2, -0.15) is 0 Å². The van der Waals surface area contributed by atoms with Crippen LogP contribution >= 0.6 is 0 Å². The molecule has 4 heteroatoms. The van der Waals surface area contributed by atoms with Gasteiger partial charge in [0.15, 0.2) is 0 Å². The van der Waals surface area contributed by atoms with E-state index in [2.05, 4.69) is 29.4 Å². The summed E-state index contributed by atoms with van der Waals surface area (Å²) in [6, 6.07) is 12.4. The Balaban J connectivity index is 1.99. The molecule has 0 unspecified atom stereocenters. The van der Waals surface area contributed by atoms with Gasteiger partial charge >= 0.3 is 0 Å². The summed E-state index contributed by atoms with van der Waals surface area (Å²) in [5.74, 6) is 1.00. The number of para-hydroxylation sites is 1. The molecule has 0 aliphatic heterocycles. The van der Waals surface area contributed by atoms with Crippen LogP contribution in [0.1, 0.15) is 11.1 Å². The zero-order valence-corrected chi connectivity index (χ0v) is 12.3. The van der Waals surface area contributed by atoms with E-state index in [4.69, 9.17) is 9.40 Å². The maximum atomic E-state index is 5.14. The van der Waals surface area contributed by atoms with Gasteiger partial charge < -0.3 is 14.6 Å². The molecule has 2 heterocycles. The highest BCUT2D eigenvalue weighted by Gasteiger charge is 2.11. The number of anilines is 1. The highest BCUT2D eigenvalue weighted by atomic mass is 16.3. The second-order valence-corrected chi connectivity index (χ2v) is 5.18. The quantitative estimate of drug-likeness (QED) is 0.780. The molecular formula is C17H19N3O. The first-order valence-corrected chi connectivity index (χ1v) is 7.03. The Kier molecular flexibility index (Phi) is 3.88. The number of furan rings is 1. The summed E-state index contributed by atoms with van der Waals surface area (Å²) in [6.45, 7) is 1.57. The molecule has 2 aromatic heterocycles. The lowest BCUT2D eigenvalue weighted by molar-refractivity contribution is 0.563. The van der Waals surface area contributed by atoms with Crippen LogP contribution in [-0.4, -0.2) is 19.1 Å². The molecule has 3 rings (SSSR count). The third-order valence-corrected chi connectivity index (χ3v) is 3.51. The number of hydrogen-bond donors (Lipinski definition) is 1. The van der Waals surface area contributed by atoms with E-state index in [0.717, 1.165) is 30.0 Å². The van der Waals surface area contributed by atoms with Crippen LogP contribution in [0.15, 0.2) is 53.3 Å². The van der Waals surface area contributed by atoms with Crippen molar-refractivity contribution in [1.29, 1.82) is 0 Å². The number of hydrogen-bond acceptors (Lipinski definition) is 4. The Morgan fingerprint density at radius 2 is 2.10 bits per heavy atom. The van der Waals surface area contributed by atoms with Crippen LogP contribution in [0.4, 0.5) is 5.82 Å². The van der Waals surface area contributed by atoms with E-state index in [1.807, 2.05) is 31.3 Å². The third-order valence-electron chi connectivity index (χ3n) is 3.51. The minimum absolute atomic E-state index is 0.776. The largest absolute Gasteiger partial charge is 0.472 e. The monoisotopic (exact) mass is 281 g/mol. The van der Waals surface area contributed by atoms with Gasteiger partial charge in [0, 0.05) is 36.7 Å². The second kappa shape index (κ2) is 5.97. The number of pyridine rings is 1. The van der Waals surface area contributed by atoms with Crippen LogP contribution in [0.5, 0.6) is 0 Å². The van der Waals surface area contributed by atoms with Gasteiger partial charge in [-0.1, -0.05) is 18.2 Å². The van der Waals surface area contributed by atoms with E-state index in [-0.39, 0.29) is 0 Å². The molecule has 4 nitrogen and oxygen atoms in total. The molecule has 0 fully saturated rings. The van der Waals surface area contributed by atoms with Crippen molar-refractivity contribution in [3.8, 4) is 0 Å². The molecule has 0 radical (unpaired) electrons. The summed E-state index contributed by atoms with van der Waals surface area (Å²) >= 11 is 0. The molecule has 0 amide bonds. The molecule has 108 valence electrons. The van der Waals surface area contributed by atoms with Crippen LogP contribution in [0.2, 0.25) is 0 Å². The van der Waals surface area contributed by atoms with Gasteiger partial charge in [0.1, 0.15) is 5.82 Å². The molecule has 0 spiro atoms. The minimum Gasteiger partial charge on any atom is -0.472 e. The molecule has 0 saturated heterocycles. The van der Waals surface area contributed by atoms with Crippen LogP contribution in [0.3, 0.4) is 0 Å². The SMILES string of the molecule is CNCc1cc2ccccc2nc1N(C)Cc1ccoc1. The summed E-state index contributed by atoms with van der Waals surface area (Å²) in [5.41, 5.74) is 3.36. The first-order chi connectivity index (χ1) is 10.3. The van der Waals surface area contributed by atoms with Gasteiger partial charge in [-0.25, -0.2) is 4.98 Å². The zero-order valence-electron chi connectivity index (χ0n) is 12.3. The van der Waals surface area contributed by atoms with E-state index in [9.17, 15) is 0 Å². The number of nitrogens with zero attached hydrogens (tertiary/aromatic N) is 2. The third kappa shape index (κ3) is 2.90. The van der Waals surface area contributed by atoms with Gasteiger partial charge in [-0.15, -0.1) is 0 Å². The number of rotatable bonds is 5. The number of fused-ring (bicyclic) bond motifs is 1. The Morgan fingerprint density at radius 3 is 2.86 bits per heavy atom. The molecule has 1 aromatic carbocycles. The lowest BCUT2D eigenvalue weighted by atomic mass is 10.1. The van der Waals surface area contributed by atoms with Crippen molar-refractivity contribution in [2.75, 3.05) is 19.0 Å². The lowest BCUT2D eigenvalue weighted by Gasteiger charge is -2.21.